The van der Waals surface area contributed by atoms with Crippen LogP contribution in [-0.2, 0) is 10.0 Å². The number of sulfonamides is 1. The lowest BCUT2D eigenvalue weighted by atomic mass is 10.2. The van der Waals surface area contributed by atoms with Crippen molar-refractivity contribution in [2.75, 3.05) is 11.3 Å². The van der Waals surface area contributed by atoms with Crippen LogP contribution in [0.5, 0.6) is 5.75 Å². The van der Waals surface area contributed by atoms with Crippen LogP contribution in [0.25, 0.3) is 0 Å². The van der Waals surface area contributed by atoms with Gasteiger partial charge in [-0.3, -0.25) is 9.52 Å². The molecule has 1 aromatic heterocycles. The number of nitrogens with zero attached hydrogens (tertiary/aromatic N) is 1. The van der Waals surface area contributed by atoms with E-state index in [-0.39, 0.29) is 4.90 Å². The lowest BCUT2D eigenvalue weighted by Gasteiger charge is -2.09. The fourth-order valence-corrected chi connectivity index (χ4v) is 4.01. The second-order valence-corrected chi connectivity index (χ2v) is 8.46. The van der Waals surface area contributed by atoms with E-state index in [1.165, 1.54) is 47.7 Å². The molecule has 0 bridgehead atoms. The van der Waals surface area contributed by atoms with Gasteiger partial charge in [-0.05, 0) is 66.9 Å². The molecular weight excluding hydrogens is 410 g/mol. The van der Waals surface area contributed by atoms with Crippen molar-refractivity contribution < 1.29 is 17.9 Å². The normalized spacial score (nSPS) is 11.3. The first-order chi connectivity index (χ1) is 14.0. The molecule has 0 aliphatic carbocycles. The summed E-state index contributed by atoms with van der Waals surface area (Å²) < 4.78 is 32.8. The van der Waals surface area contributed by atoms with E-state index in [9.17, 15) is 13.2 Å². The van der Waals surface area contributed by atoms with Crippen molar-refractivity contribution in [3.05, 3.63) is 76.5 Å². The van der Waals surface area contributed by atoms with Crippen molar-refractivity contribution in [3.8, 4) is 5.75 Å². The summed E-state index contributed by atoms with van der Waals surface area (Å²) in [5, 5.41) is 5.81. The zero-order valence-corrected chi connectivity index (χ0v) is 17.2. The Kier molecular flexibility index (Phi) is 6.63. The minimum absolute atomic E-state index is 0.116. The number of anilines is 1. The Balaban J connectivity index is 1.62. The smallest absolute Gasteiger partial charge is 0.271 e. The van der Waals surface area contributed by atoms with Crippen LogP contribution >= 0.6 is 11.3 Å². The quantitative estimate of drug-likeness (QED) is 0.421. The zero-order valence-electron chi connectivity index (χ0n) is 15.5. The van der Waals surface area contributed by atoms with Crippen molar-refractivity contribution in [1.29, 1.82) is 0 Å². The maximum Gasteiger partial charge on any atom is 0.271 e. The lowest BCUT2D eigenvalue weighted by molar-refractivity contribution is 0.0955. The number of carbonyl (C=O) groups is 1. The molecule has 0 unspecified atom stereocenters. The molecule has 0 aliphatic rings. The molecule has 1 heterocycles. The molecule has 7 nitrogen and oxygen atoms in total. The van der Waals surface area contributed by atoms with Crippen molar-refractivity contribution in [1.82, 2.24) is 5.43 Å². The summed E-state index contributed by atoms with van der Waals surface area (Å²) in [6, 6.07) is 16.0. The van der Waals surface area contributed by atoms with Crippen LogP contribution in [0.2, 0.25) is 0 Å². The fourth-order valence-electron chi connectivity index (χ4n) is 2.37. The average molecular weight is 430 g/mol. The van der Waals surface area contributed by atoms with Crippen molar-refractivity contribution in [3.63, 3.8) is 0 Å². The lowest BCUT2D eigenvalue weighted by Crippen LogP contribution is -2.17. The topological polar surface area (TPSA) is 96.9 Å². The second-order valence-electron chi connectivity index (χ2n) is 5.80. The largest absolute Gasteiger partial charge is 0.494 e. The molecule has 0 radical (unpaired) electrons. The predicted octanol–water partition coefficient (Wildman–Crippen LogP) is 3.71. The molecule has 1 amide bonds. The summed E-state index contributed by atoms with van der Waals surface area (Å²) in [5.41, 5.74) is 3.14. The van der Waals surface area contributed by atoms with Crippen LogP contribution in [0.1, 0.15) is 22.2 Å². The van der Waals surface area contributed by atoms with E-state index in [0.717, 1.165) is 4.88 Å². The van der Waals surface area contributed by atoms with Gasteiger partial charge in [0.05, 0.1) is 17.7 Å². The Morgan fingerprint density at radius 2 is 1.83 bits per heavy atom. The molecule has 29 heavy (non-hydrogen) atoms. The Hall–Kier alpha value is -3.17. The molecule has 0 aliphatic heterocycles. The molecular formula is C20H19N3O4S2. The second kappa shape index (κ2) is 9.35. The maximum absolute atomic E-state index is 12.5. The van der Waals surface area contributed by atoms with E-state index >= 15 is 0 Å². The van der Waals surface area contributed by atoms with Crippen molar-refractivity contribution in [2.45, 2.75) is 11.8 Å². The van der Waals surface area contributed by atoms with Crippen LogP contribution in [0.3, 0.4) is 0 Å². The predicted molar refractivity (Wildman–Crippen MR) is 114 cm³/mol. The van der Waals surface area contributed by atoms with Gasteiger partial charge in [0.15, 0.2) is 0 Å². The third-order valence-corrected chi connectivity index (χ3v) is 5.95. The van der Waals surface area contributed by atoms with E-state index in [1.807, 2.05) is 24.4 Å². The fraction of sp³-hybridized carbons (Fsp3) is 0.100. The summed E-state index contributed by atoms with van der Waals surface area (Å²) in [6.07, 6.45) is 1.56. The third-order valence-electron chi connectivity index (χ3n) is 3.75. The highest BCUT2D eigenvalue weighted by molar-refractivity contribution is 7.92. The number of rotatable bonds is 8. The first-order valence-electron chi connectivity index (χ1n) is 8.70. The number of amides is 1. The van der Waals surface area contributed by atoms with Crippen LogP contribution in [-0.4, -0.2) is 27.1 Å². The summed E-state index contributed by atoms with van der Waals surface area (Å²) in [6.45, 7) is 2.36. The van der Waals surface area contributed by atoms with Gasteiger partial charge < -0.3 is 4.74 Å². The summed E-state index contributed by atoms with van der Waals surface area (Å²) in [5.74, 6) is 0.210. The first kappa shape index (κ1) is 20.6. The van der Waals surface area contributed by atoms with Crippen LogP contribution < -0.4 is 14.9 Å². The van der Waals surface area contributed by atoms with Crippen LogP contribution in [0, 0.1) is 0 Å². The molecule has 0 saturated heterocycles. The number of nitrogens with one attached hydrogen (secondary N) is 2. The number of thiophene rings is 1. The van der Waals surface area contributed by atoms with Gasteiger partial charge in [-0.2, -0.15) is 5.10 Å². The molecule has 3 aromatic rings. The van der Waals surface area contributed by atoms with Gasteiger partial charge in [-0.15, -0.1) is 11.3 Å². The molecule has 150 valence electrons. The van der Waals surface area contributed by atoms with Gasteiger partial charge in [0.1, 0.15) is 5.75 Å². The standard InChI is InChI=1S/C20H19N3O4S2/c1-2-27-17-9-11-19(12-10-17)29(25,26)23-16-7-5-15(6-8-16)20(24)22-21-14-18-4-3-13-28-18/h3-14,23H,2H2,1H3,(H,22,24)/b21-14+. The van der Waals surface area contributed by atoms with Crippen molar-refractivity contribution in [2.24, 2.45) is 5.10 Å². The Morgan fingerprint density at radius 3 is 2.45 bits per heavy atom. The van der Waals surface area contributed by atoms with Crippen molar-refractivity contribution >= 4 is 39.2 Å². The molecule has 2 aromatic carbocycles. The van der Waals surface area contributed by atoms with Crippen LogP contribution in [0.15, 0.2) is 76.0 Å². The minimum Gasteiger partial charge on any atom is -0.494 e. The molecule has 0 spiro atoms. The zero-order chi connectivity index (χ0) is 20.7. The molecule has 3 rings (SSSR count). The maximum atomic E-state index is 12.5. The number of ether oxygens (including phenoxy) is 1. The van der Waals surface area contributed by atoms with E-state index in [4.69, 9.17) is 4.74 Å². The first-order valence-corrected chi connectivity index (χ1v) is 11.1. The highest BCUT2D eigenvalue weighted by atomic mass is 32.2. The number of hydrogen-bond acceptors (Lipinski definition) is 6. The van der Waals surface area contributed by atoms with Crippen LogP contribution in [0.4, 0.5) is 5.69 Å². The van der Waals surface area contributed by atoms with E-state index in [1.54, 1.807) is 18.3 Å². The number of hydrazone groups is 1. The monoisotopic (exact) mass is 429 g/mol. The van der Waals surface area contributed by atoms with E-state index in [0.29, 0.717) is 23.6 Å². The Bertz CT molecular complexity index is 1080. The summed E-state index contributed by atoms with van der Waals surface area (Å²) in [7, 11) is -3.75. The SMILES string of the molecule is CCOc1ccc(S(=O)(=O)Nc2ccc(C(=O)N/N=C/c3cccs3)cc2)cc1. The van der Waals surface area contributed by atoms with Gasteiger partial charge in [0.25, 0.3) is 15.9 Å². The minimum atomic E-state index is -3.75. The van der Waals surface area contributed by atoms with Gasteiger partial charge in [-0.25, -0.2) is 13.8 Å². The third kappa shape index (κ3) is 5.66. The average Bonchev–Trinajstić information content (AvgIpc) is 3.22. The van der Waals surface area contributed by atoms with E-state index < -0.39 is 15.9 Å². The number of benzene rings is 2. The van der Waals surface area contributed by atoms with Gasteiger partial charge >= 0.3 is 0 Å². The molecule has 0 atom stereocenters. The highest BCUT2D eigenvalue weighted by Crippen LogP contribution is 2.19. The summed E-state index contributed by atoms with van der Waals surface area (Å²) >= 11 is 1.51. The van der Waals surface area contributed by atoms with Gasteiger partial charge in [-0.1, -0.05) is 6.07 Å². The Morgan fingerprint density at radius 1 is 1.10 bits per heavy atom. The van der Waals surface area contributed by atoms with Gasteiger partial charge in [0.2, 0.25) is 0 Å². The molecule has 2 N–H and O–H groups in total. The number of hydrogen-bond donors (Lipinski definition) is 2. The van der Waals surface area contributed by atoms with E-state index in [2.05, 4.69) is 15.2 Å². The molecule has 9 heteroatoms. The molecule has 0 saturated carbocycles. The Labute approximate surface area is 173 Å². The summed E-state index contributed by atoms with van der Waals surface area (Å²) in [4.78, 5) is 13.1. The highest BCUT2D eigenvalue weighted by Gasteiger charge is 2.14. The molecule has 0 fully saturated rings. The van der Waals surface area contributed by atoms with Gasteiger partial charge in [0, 0.05) is 16.1 Å². The number of carbonyl (C=O) groups excluding carboxylic acids is 1.